The van der Waals surface area contributed by atoms with Crippen molar-refractivity contribution in [3.63, 3.8) is 0 Å². The average molecular weight is 401 g/mol. The fourth-order valence-corrected chi connectivity index (χ4v) is 5.47. The molecule has 2 aliphatic rings. The first-order valence-electron chi connectivity index (χ1n) is 10.1. The van der Waals surface area contributed by atoms with Gasteiger partial charge in [-0.3, -0.25) is 4.72 Å². The zero-order chi connectivity index (χ0) is 19.6. The first kappa shape index (κ1) is 19.1. The van der Waals surface area contributed by atoms with Crippen LogP contribution >= 0.6 is 0 Å². The van der Waals surface area contributed by atoms with E-state index in [9.17, 15) is 8.42 Å². The van der Waals surface area contributed by atoms with Gasteiger partial charge in [-0.25, -0.2) is 8.42 Å². The lowest BCUT2D eigenvalue weighted by Gasteiger charge is -2.28. The van der Waals surface area contributed by atoms with Crippen molar-refractivity contribution in [2.45, 2.75) is 49.8 Å². The highest BCUT2D eigenvalue weighted by Gasteiger charge is 2.23. The number of hydrogen-bond donors (Lipinski definition) is 1. The van der Waals surface area contributed by atoms with E-state index in [2.05, 4.69) is 9.62 Å². The third-order valence-corrected chi connectivity index (χ3v) is 7.16. The minimum atomic E-state index is -3.72. The van der Waals surface area contributed by atoms with Crippen molar-refractivity contribution in [1.29, 1.82) is 0 Å². The SMILES string of the molecule is COc1cc2c(cc1S(=O)(=O)Nc1ccc(N3CCCCC3)cc1)CCCC2. The van der Waals surface area contributed by atoms with Crippen LogP contribution < -0.4 is 14.4 Å². The number of anilines is 2. The van der Waals surface area contributed by atoms with E-state index in [1.165, 1.54) is 31.9 Å². The largest absolute Gasteiger partial charge is 0.495 e. The van der Waals surface area contributed by atoms with E-state index in [1.54, 1.807) is 6.07 Å². The van der Waals surface area contributed by atoms with Gasteiger partial charge < -0.3 is 9.64 Å². The summed E-state index contributed by atoms with van der Waals surface area (Å²) in [4.78, 5) is 2.57. The first-order chi connectivity index (χ1) is 13.6. The highest BCUT2D eigenvalue weighted by molar-refractivity contribution is 7.92. The molecule has 5 nitrogen and oxygen atoms in total. The second-order valence-electron chi connectivity index (χ2n) is 7.68. The van der Waals surface area contributed by atoms with E-state index < -0.39 is 10.0 Å². The summed E-state index contributed by atoms with van der Waals surface area (Å²) in [5, 5.41) is 0. The van der Waals surface area contributed by atoms with Crippen LogP contribution in [0, 0.1) is 0 Å². The van der Waals surface area contributed by atoms with Gasteiger partial charge in [-0.15, -0.1) is 0 Å². The third kappa shape index (κ3) is 3.97. The number of nitrogens with one attached hydrogen (secondary N) is 1. The number of hydrogen-bond acceptors (Lipinski definition) is 4. The molecule has 0 aromatic heterocycles. The van der Waals surface area contributed by atoms with Crippen molar-refractivity contribution in [2.75, 3.05) is 29.8 Å². The van der Waals surface area contributed by atoms with E-state index in [0.29, 0.717) is 11.4 Å². The highest BCUT2D eigenvalue weighted by atomic mass is 32.2. The molecule has 0 spiro atoms. The number of piperidine rings is 1. The third-order valence-electron chi connectivity index (χ3n) is 5.76. The predicted molar refractivity (Wildman–Crippen MR) is 113 cm³/mol. The fourth-order valence-electron chi connectivity index (χ4n) is 4.21. The number of fused-ring (bicyclic) bond motifs is 1. The maximum absolute atomic E-state index is 13.1. The van der Waals surface area contributed by atoms with Gasteiger partial charge >= 0.3 is 0 Å². The van der Waals surface area contributed by atoms with Crippen LogP contribution in [0.5, 0.6) is 5.75 Å². The lowest BCUT2D eigenvalue weighted by atomic mass is 9.92. The maximum atomic E-state index is 13.1. The van der Waals surface area contributed by atoms with Crippen LogP contribution in [-0.2, 0) is 22.9 Å². The monoisotopic (exact) mass is 400 g/mol. The number of methoxy groups -OCH3 is 1. The fraction of sp³-hybridized carbons (Fsp3) is 0.455. The number of rotatable bonds is 5. The van der Waals surface area contributed by atoms with E-state index in [0.717, 1.165) is 50.0 Å². The number of sulfonamides is 1. The van der Waals surface area contributed by atoms with E-state index in [1.807, 2.05) is 30.3 Å². The molecule has 0 radical (unpaired) electrons. The van der Waals surface area contributed by atoms with Crippen LogP contribution in [0.25, 0.3) is 0 Å². The van der Waals surface area contributed by atoms with Gasteiger partial charge in [0.15, 0.2) is 0 Å². The minimum Gasteiger partial charge on any atom is -0.495 e. The van der Waals surface area contributed by atoms with Crippen LogP contribution in [0.4, 0.5) is 11.4 Å². The lowest BCUT2D eigenvalue weighted by Crippen LogP contribution is -2.29. The number of ether oxygens (including phenoxy) is 1. The Morgan fingerprint density at radius 2 is 1.54 bits per heavy atom. The molecule has 1 aliphatic heterocycles. The standard InChI is InChI=1S/C22H28N2O3S/c1-27-21-15-17-7-3-4-8-18(17)16-22(21)28(25,26)23-19-9-11-20(12-10-19)24-13-5-2-6-14-24/h9-12,15-16,23H,2-8,13-14H2,1H3. The minimum absolute atomic E-state index is 0.218. The molecule has 4 rings (SSSR count). The smallest absolute Gasteiger partial charge is 0.265 e. The van der Waals surface area contributed by atoms with Gasteiger partial charge in [-0.05, 0) is 92.5 Å². The second kappa shape index (κ2) is 8.03. The zero-order valence-corrected chi connectivity index (χ0v) is 17.2. The van der Waals surface area contributed by atoms with Crippen LogP contribution in [0.15, 0.2) is 41.3 Å². The van der Waals surface area contributed by atoms with Gasteiger partial charge in [0.05, 0.1) is 7.11 Å². The topological polar surface area (TPSA) is 58.6 Å². The van der Waals surface area contributed by atoms with Crippen LogP contribution in [-0.4, -0.2) is 28.6 Å². The van der Waals surface area contributed by atoms with Gasteiger partial charge in [-0.1, -0.05) is 0 Å². The molecule has 2 aromatic rings. The molecule has 0 atom stereocenters. The Kier molecular flexibility index (Phi) is 5.49. The molecule has 28 heavy (non-hydrogen) atoms. The Hall–Kier alpha value is -2.21. The van der Waals surface area contributed by atoms with Crippen molar-refractivity contribution in [1.82, 2.24) is 0 Å². The van der Waals surface area contributed by atoms with Crippen LogP contribution in [0.1, 0.15) is 43.2 Å². The summed E-state index contributed by atoms with van der Waals surface area (Å²) in [6.45, 7) is 2.13. The van der Waals surface area contributed by atoms with Crippen molar-refractivity contribution in [2.24, 2.45) is 0 Å². The van der Waals surface area contributed by atoms with E-state index >= 15 is 0 Å². The van der Waals surface area contributed by atoms with Crippen molar-refractivity contribution >= 4 is 21.4 Å². The Morgan fingerprint density at radius 3 is 2.18 bits per heavy atom. The number of benzene rings is 2. The second-order valence-corrected chi connectivity index (χ2v) is 9.33. The summed E-state index contributed by atoms with van der Waals surface area (Å²) in [5.74, 6) is 0.415. The van der Waals surface area contributed by atoms with Gasteiger partial charge in [0.25, 0.3) is 10.0 Å². The predicted octanol–water partition coefficient (Wildman–Crippen LogP) is 4.37. The molecule has 1 aliphatic carbocycles. The van der Waals surface area contributed by atoms with Crippen LogP contribution in [0.3, 0.4) is 0 Å². The summed E-state index contributed by atoms with van der Waals surface area (Å²) >= 11 is 0. The molecule has 0 unspecified atom stereocenters. The quantitative estimate of drug-likeness (QED) is 0.810. The molecule has 150 valence electrons. The van der Waals surface area contributed by atoms with Crippen molar-refractivity contribution < 1.29 is 13.2 Å². The van der Waals surface area contributed by atoms with Crippen molar-refractivity contribution in [3.05, 3.63) is 47.5 Å². The Labute approximate surface area is 167 Å². The molecule has 1 fully saturated rings. The van der Waals surface area contributed by atoms with Gasteiger partial charge in [0.2, 0.25) is 0 Å². The summed E-state index contributed by atoms with van der Waals surface area (Å²) in [6.07, 6.45) is 7.87. The first-order valence-corrected chi connectivity index (χ1v) is 11.6. The Bertz CT molecular complexity index is 933. The summed E-state index contributed by atoms with van der Waals surface area (Å²) in [5.41, 5.74) is 4.04. The highest BCUT2D eigenvalue weighted by Crippen LogP contribution is 2.33. The zero-order valence-electron chi connectivity index (χ0n) is 16.4. The normalized spacial score (nSPS) is 17.1. The molecule has 0 bridgehead atoms. The lowest BCUT2D eigenvalue weighted by molar-refractivity contribution is 0.401. The summed E-state index contributed by atoms with van der Waals surface area (Å²) < 4.78 is 34.2. The molecule has 0 amide bonds. The summed E-state index contributed by atoms with van der Waals surface area (Å²) in [6, 6.07) is 11.3. The Morgan fingerprint density at radius 1 is 0.893 bits per heavy atom. The van der Waals surface area contributed by atoms with E-state index in [-0.39, 0.29) is 4.90 Å². The maximum Gasteiger partial charge on any atom is 0.265 e. The Balaban J connectivity index is 1.57. The molecule has 6 heteroatoms. The molecule has 1 N–H and O–H groups in total. The van der Waals surface area contributed by atoms with Gasteiger partial charge in [0, 0.05) is 24.5 Å². The molecular weight excluding hydrogens is 372 g/mol. The van der Waals surface area contributed by atoms with Gasteiger partial charge in [0.1, 0.15) is 10.6 Å². The molecule has 1 heterocycles. The summed E-state index contributed by atoms with van der Waals surface area (Å²) in [7, 11) is -2.19. The van der Waals surface area contributed by atoms with Crippen LogP contribution in [0.2, 0.25) is 0 Å². The molecular formula is C22H28N2O3S. The number of aryl methyl sites for hydroxylation is 2. The molecule has 2 aromatic carbocycles. The van der Waals surface area contributed by atoms with Gasteiger partial charge in [-0.2, -0.15) is 0 Å². The molecule has 1 saturated heterocycles. The average Bonchev–Trinajstić information content (AvgIpc) is 2.73. The molecule has 0 saturated carbocycles. The number of nitrogens with zero attached hydrogens (tertiary/aromatic N) is 1. The van der Waals surface area contributed by atoms with Crippen molar-refractivity contribution in [3.8, 4) is 5.75 Å². The van der Waals surface area contributed by atoms with E-state index in [4.69, 9.17) is 4.74 Å².